The Balaban J connectivity index is 1.87. The van der Waals surface area contributed by atoms with E-state index in [1.807, 2.05) is 0 Å². The van der Waals surface area contributed by atoms with Crippen LogP contribution in [0, 0.1) is 0 Å². The normalized spacial score (nSPS) is 13.3. The molecule has 0 unspecified atom stereocenters. The van der Waals surface area contributed by atoms with Gasteiger partial charge in [0.25, 0.3) is 0 Å². The molecule has 2 aromatic rings. The van der Waals surface area contributed by atoms with E-state index in [0.717, 1.165) is 5.56 Å². The first-order chi connectivity index (χ1) is 13.6. The summed E-state index contributed by atoms with van der Waals surface area (Å²) in [5, 5.41) is 6.57. The maximum atomic E-state index is 12.3. The first-order valence-corrected chi connectivity index (χ1v) is 9.90. The zero-order valence-electron chi connectivity index (χ0n) is 16.4. The third-order valence-corrected chi connectivity index (χ3v) is 4.89. The van der Waals surface area contributed by atoms with Gasteiger partial charge >= 0.3 is 6.09 Å². The number of rotatable bonds is 4. The predicted molar refractivity (Wildman–Crippen MR) is 114 cm³/mol. The van der Waals surface area contributed by atoms with Crippen molar-refractivity contribution in [1.29, 1.82) is 0 Å². The van der Waals surface area contributed by atoms with Gasteiger partial charge in [0.15, 0.2) is 0 Å². The smallest absolute Gasteiger partial charge is 0.412 e. The predicted octanol–water partition coefficient (Wildman–Crippen LogP) is 5.80. The molecule has 0 radical (unpaired) electrons. The minimum absolute atomic E-state index is 0.0907. The van der Waals surface area contributed by atoms with Gasteiger partial charge in [0.2, 0.25) is 5.91 Å². The minimum Gasteiger partial charge on any atom is -0.489 e. The third kappa shape index (κ3) is 5.55. The van der Waals surface area contributed by atoms with E-state index < -0.39 is 11.7 Å². The molecule has 0 atom stereocenters. The van der Waals surface area contributed by atoms with E-state index in [2.05, 4.69) is 10.6 Å². The molecule has 0 spiro atoms. The second-order valence-electron chi connectivity index (χ2n) is 7.66. The van der Waals surface area contributed by atoms with Gasteiger partial charge in [0.1, 0.15) is 18.0 Å². The molecule has 6 nitrogen and oxygen atoms in total. The van der Waals surface area contributed by atoms with Crippen LogP contribution in [0.4, 0.5) is 16.2 Å². The molecular weight excluding hydrogens is 415 g/mol. The highest BCUT2D eigenvalue weighted by molar-refractivity contribution is 6.35. The number of nitrogens with one attached hydrogen (secondary N) is 2. The number of carbonyl (C=O) groups is 2. The molecule has 2 aromatic carbocycles. The van der Waals surface area contributed by atoms with E-state index in [-0.39, 0.29) is 12.5 Å². The van der Waals surface area contributed by atoms with Crippen molar-refractivity contribution < 1.29 is 19.1 Å². The molecule has 0 saturated carbocycles. The number of ether oxygens (including phenoxy) is 2. The van der Waals surface area contributed by atoms with Gasteiger partial charge in [-0.05, 0) is 39.3 Å². The Kier molecular flexibility index (Phi) is 6.24. The molecule has 1 aliphatic heterocycles. The fourth-order valence-corrected chi connectivity index (χ4v) is 3.42. The Labute approximate surface area is 179 Å². The van der Waals surface area contributed by atoms with Gasteiger partial charge in [-0.1, -0.05) is 29.3 Å². The lowest BCUT2D eigenvalue weighted by Crippen LogP contribution is -2.28. The second-order valence-corrected chi connectivity index (χ2v) is 8.48. The number of hydrogen-bond acceptors (Lipinski definition) is 4. The van der Waals surface area contributed by atoms with E-state index in [4.69, 9.17) is 32.7 Å². The summed E-state index contributed by atoms with van der Waals surface area (Å²) >= 11 is 12.4. The molecule has 2 amide bonds. The zero-order valence-corrected chi connectivity index (χ0v) is 17.9. The largest absolute Gasteiger partial charge is 0.489 e. The first kappa shape index (κ1) is 21.3. The number of fused-ring (bicyclic) bond motifs is 1. The summed E-state index contributed by atoms with van der Waals surface area (Å²) in [5.74, 6) is 0.361. The molecule has 2 N–H and O–H groups in total. The van der Waals surface area contributed by atoms with Crippen LogP contribution in [0.3, 0.4) is 0 Å². The lowest BCUT2D eigenvalue weighted by molar-refractivity contribution is -0.116. The molecule has 1 heterocycles. The van der Waals surface area contributed by atoms with Crippen LogP contribution >= 0.6 is 23.2 Å². The number of amides is 2. The van der Waals surface area contributed by atoms with Gasteiger partial charge in [-0.15, -0.1) is 0 Å². The number of halogens is 2. The van der Waals surface area contributed by atoms with Gasteiger partial charge < -0.3 is 14.8 Å². The van der Waals surface area contributed by atoms with E-state index in [9.17, 15) is 9.59 Å². The molecule has 0 aliphatic carbocycles. The molecule has 0 aromatic heterocycles. The van der Waals surface area contributed by atoms with Crippen molar-refractivity contribution in [2.45, 2.75) is 45.8 Å². The topological polar surface area (TPSA) is 76.7 Å². The monoisotopic (exact) mass is 436 g/mol. The lowest BCUT2D eigenvalue weighted by Gasteiger charge is -2.24. The summed E-state index contributed by atoms with van der Waals surface area (Å²) in [6.07, 6.45) is 0.261. The van der Waals surface area contributed by atoms with Gasteiger partial charge in [-0.25, -0.2) is 4.79 Å². The van der Waals surface area contributed by atoms with Crippen LogP contribution < -0.4 is 15.4 Å². The fraction of sp³-hybridized carbons (Fsp3) is 0.333. The van der Waals surface area contributed by atoms with Crippen LogP contribution in [0.2, 0.25) is 10.0 Å². The fourth-order valence-electron chi connectivity index (χ4n) is 2.91. The molecule has 0 bridgehead atoms. The van der Waals surface area contributed by atoms with E-state index in [0.29, 0.717) is 45.6 Å². The minimum atomic E-state index is -0.632. The van der Waals surface area contributed by atoms with Gasteiger partial charge in [0.05, 0.1) is 5.69 Å². The lowest BCUT2D eigenvalue weighted by atomic mass is 10.0. The number of benzene rings is 2. The third-order valence-electron chi connectivity index (χ3n) is 4.18. The van der Waals surface area contributed by atoms with Crippen molar-refractivity contribution in [2.75, 3.05) is 10.6 Å². The van der Waals surface area contributed by atoms with Crippen molar-refractivity contribution in [3.05, 3.63) is 51.5 Å². The van der Waals surface area contributed by atoms with Crippen LogP contribution in [0.15, 0.2) is 30.3 Å². The molecule has 1 aliphatic rings. The highest BCUT2D eigenvalue weighted by Gasteiger charge is 2.23. The van der Waals surface area contributed by atoms with Gasteiger partial charge in [-0.3, -0.25) is 10.1 Å². The molecule has 154 valence electrons. The van der Waals surface area contributed by atoms with Crippen LogP contribution in [0.25, 0.3) is 0 Å². The first-order valence-electron chi connectivity index (χ1n) is 9.15. The van der Waals surface area contributed by atoms with E-state index >= 15 is 0 Å². The van der Waals surface area contributed by atoms with Crippen molar-refractivity contribution in [2.24, 2.45) is 0 Å². The molecular formula is C21H22Cl2N2O4. The molecule has 29 heavy (non-hydrogen) atoms. The van der Waals surface area contributed by atoms with Crippen molar-refractivity contribution in [1.82, 2.24) is 0 Å². The van der Waals surface area contributed by atoms with Gasteiger partial charge in [0, 0.05) is 45.4 Å². The SMILES string of the molecule is CC(C)(C)OC(=O)Nc1cc(OCc2c(Cl)cccc2Cl)cc2c1CCC(=O)N2. The van der Waals surface area contributed by atoms with E-state index in [1.165, 1.54) is 0 Å². The summed E-state index contributed by atoms with van der Waals surface area (Å²) in [5.41, 5.74) is 1.96. The summed E-state index contributed by atoms with van der Waals surface area (Å²) in [6, 6.07) is 8.64. The number of anilines is 2. The molecule has 3 rings (SSSR count). The Morgan fingerprint density at radius 1 is 1.17 bits per heavy atom. The highest BCUT2D eigenvalue weighted by atomic mass is 35.5. The van der Waals surface area contributed by atoms with Crippen molar-refractivity contribution in [3.8, 4) is 5.75 Å². The second kappa shape index (κ2) is 8.51. The van der Waals surface area contributed by atoms with E-state index in [1.54, 1.807) is 51.1 Å². The average Bonchev–Trinajstić information content (AvgIpc) is 2.59. The van der Waals surface area contributed by atoms with Crippen LogP contribution in [0.1, 0.15) is 38.3 Å². The Hall–Kier alpha value is -2.44. The summed E-state index contributed by atoms with van der Waals surface area (Å²) in [4.78, 5) is 24.1. The number of carbonyl (C=O) groups excluding carboxylic acids is 2. The van der Waals surface area contributed by atoms with Crippen molar-refractivity contribution >= 4 is 46.6 Å². The quantitative estimate of drug-likeness (QED) is 0.634. The van der Waals surface area contributed by atoms with Crippen LogP contribution in [-0.4, -0.2) is 17.6 Å². The Morgan fingerprint density at radius 3 is 2.52 bits per heavy atom. The Morgan fingerprint density at radius 2 is 1.86 bits per heavy atom. The maximum Gasteiger partial charge on any atom is 0.412 e. The average molecular weight is 437 g/mol. The van der Waals surface area contributed by atoms with Crippen LogP contribution in [-0.2, 0) is 22.6 Å². The highest BCUT2D eigenvalue weighted by Crippen LogP contribution is 2.35. The zero-order chi connectivity index (χ0) is 21.2. The standard InChI is InChI=1S/C21H22Cl2N2O4/c1-21(2,3)29-20(27)25-18-10-12(9-17-13(18)7-8-19(26)24-17)28-11-14-15(22)5-4-6-16(14)23/h4-6,9-10H,7-8,11H2,1-3H3,(H,24,26)(H,25,27). The number of hydrogen-bond donors (Lipinski definition) is 2. The molecule has 0 saturated heterocycles. The summed E-state index contributed by atoms with van der Waals surface area (Å²) in [7, 11) is 0. The molecule has 8 heteroatoms. The van der Waals surface area contributed by atoms with Gasteiger partial charge in [-0.2, -0.15) is 0 Å². The van der Waals surface area contributed by atoms with Crippen molar-refractivity contribution in [3.63, 3.8) is 0 Å². The molecule has 0 fully saturated rings. The summed E-state index contributed by atoms with van der Waals surface area (Å²) < 4.78 is 11.2. The van der Waals surface area contributed by atoms with Crippen LogP contribution in [0.5, 0.6) is 5.75 Å². The Bertz CT molecular complexity index is 934. The summed E-state index contributed by atoms with van der Waals surface area (Å²) in [6.45, 7) is 5.50. The maximum absolute atomic E-state index is 12.3.